The predicted octanol–water partition coefficient (Wildman–Crippen LogP) is 3.72. The lowest BCUT2D eigenvalue weighted by Crippen LogP contribution is -2.33. The second-order valence-electron chi connectivity index (χ2n) is 5.09. The number of nitrogens with one attached hydrogen (secondary N) is 1. The Morgan fingerprint density at radius 1 is 1.10 bits per heavy atom. The number of halogens is 2. The zero-order chi connectivity index (χ0) is 13.1. The zero-order valence-electron chi connectivity index (χ0n) is 11.9. The van der Waals surface area contributed by atoms with Gasteiger partial charge in [0.1, 0.15) is 12.4 Å². The van der Waals surface area contributed by atoms with E-state index >= 15 is 0 Å². The van der Waals surface area contributed by atoms with Crippen LogP contribution in [0.5, 0.6) is 5.75 Å². The summed E-state index contributed by atoms with van der Waals surface area (Å²) < 4.78 is 5.86. The van der Waals surface area contributed by atoms with Gasteiger partial charge in [-0.3, -0.25) is 4.98 Å². The number of benzene rings is 1. The Labute approximate surface area is 137 Å². The topological polar surface area (TPSA) is 34.1 Å². The molecule has 114 valence electrons. The summed E-state index contributed by atoms with van der Waals surface area (Å²) in [6.45, 7) is 0.712. The van der Waals surface area contributed by atoms with Crippen LogP contribution in [0.15, 0.2) is 48.8 Å². The molecule has 0 amide bonds. The Hall–Kier alpha value is -1.29. The van der Waals surface area contributed by atoms with Gasteiger partial charge in [0.2, 0.25) is 0 Å². The standard InChI is InChI=1S/C16H18N2O.2ClH/c1-17-16(7-8-16)12-19-15-9-14(10-18-11-15)13-5-3-2-4-6-13;;/h2-6,9-11,17H,7-8,12H2,1H3;2*1H. The second kappa shape index (κ2) is 7.64. The molecule has 1 N–H and O–H groups in total. The molecule has 1 heterocycles. The summed E-state index contributed by atoms with van der Waals surface area (Å²) >= 11 is 0. The summed E-state index contributed by atoms with van der Waals surface area (Å²) in [4.78, 5) is 4.26. The average molecular weight is 327 g/mol. The van der Waals surface area contributed by atoms with Gasteiger partial charge in [0.05, 0.1) is 11.7 Å². The van der Waals surface area contributed by atoms with Crippen molar-refractivity contribution < 1.29 is 4.74 Å². The number of likely N-dealkylation sites (N-methyl/N-ethyl adjacent to an activating group) is 1. The van der Waals surface area contributed by atoms with Gasteiger partial charge in [0, 0.05) is 11.8 Å². The van der Waals surface area contributed by atoms with Gasteiger partial charge in [0.15, 0.2) is 0 Å². The molecule has 0 atom stereocenters. The van der Waals surface area contributed by atoms with Crippen molar-refractivity contribution >= 4 is 24.8 Å². The van der Waals surface area contributed by atoms with Crippen molar-refractivity contribution in [1.29, 1.82) is 0 Å². The molecule has 3 rings (SSSR count). The number of hydrogen-bond acceptors (Lipinski definition) is 3. The maximum Gasteiger partial charge on any atom is 0.138 e. The van der Waals surface area contributed by atoms with Crippen LogP contribution in [0.2, 0.25) is 0 Å². The first-order valence-electron chi connectivity index (χ1n) is 6.64. The molecule has 1 fully saturated rings. The van der Waals surface area contributed by atoms with Crippen molar-refractivity contribution in [2.75, 3.05) is 13.7 Å². The molecule has 1 aliphatic rings. The lowest BCUT2D eigenvalue weighted by molar-refractivity contribution is 0.259. The minimum atomic E-state index is 0. The van der Waals surface area contributed by atoms with Crippen molar-refractivity contribution in [2.45, 2.75) is 18.4 Å². The number of pyridine rings is 1. The van der Waals surface area contributed by atoms with Crippen molar-refractivity contribution in [3.8, 4) is 16.9 Å². The Balaban J connectivity index is 0.00000110. The van der Waals surface area contributed by atoms with Crippen LogP contribution < -0.4 is 10.1 Å². The van der Waals surface area contributed by atoms with Gasteiger partial charge in [-0.2, -0.15) is 0 Å². The third-order valence-electron chi connectivity index (χ3n) is 3.72. The Bertz CT molecular complexity index is 559. The highest BCUT2D eigenvalue weighted by Gasteiger charge is 2.41. The van der Waals surface area contributed by atoms with Crippen LogP contribution in [-0.2, 0) is 0 Å². The molecule has 0 saturated heterocycles. The van der Waals surface area contributed by atoms with E-state index in [2.05, 4.69) is 22.4 Å². The van der Waals surface area contributed by atoms with E-state index in [9.17, 15) is 0 Å². The summed E-state index contributed by atoms with van der Waals surface area (Å²) in [5, 5.41) is 3.32. The largest absolute Gasteiger partial charge is 0.490 e. The van der Waals surface area contributed by atoms with Gasteiger partial charge < -0.3 is 10.1 Å². The van der Waals surface area contributed by atoms with Gasteiger partial charge in [-0.25, -0.2) is 0 Å². The smallest absolute Gasteiger partial charge is 0.138 e. The molecule has 0 spiro atoms. The van der Waals surface area contributed by atoms with E-state index in [1.165, 1.54) is 12.8 Å². The maximum absolute atomic E-state index is 5.86. The fourth-order valence-electron chi connectivity index (χ4n) is 2.13. The summed E-state index contributed by atoms with van der Waals surface area (Å²) in [5.74, 6) is 0.836. The van der Waals surface area contributed by atoms with Crippen molar-refractivity contribution in [3.63, 3.8) is 0 Å². The normalized spacial score (nSPS) is 14.5. The molecular weight excluding hydrogens is 307 g/mol. The van der Waals surface area contributed by atoms with Gasteiger partial charge in [-0.1, -0.05) is 30.3 Å². The third-order valence-corrected chi connectivity index (χ3v) is 3.72. The minimum Gasteiger partial charge on any atom is -0.490 e. The number of aromatic nitrogens is 1. The highest BCUT2D eigenvalue weighted by Crippen LogP contribution is 2.35. The zero-order valence-corrected chi connectivity index (χ0v) is 13.5. The molecule has 0 bridgehead atoms. The SMILES string of the molecule is CNC1(COc2cncc(-c3ccccc3)c2)CC1.Cl.Cl. The van der Waals surface area contributed by atoms with Crippen molar-refractivity contribution in [2.24, 2.45) is 0 Å². The first-order chi connectivity index (χ1) is 9.31. The third kappa shape index (κ3) is 4.34. The Morgan fingerprint density at radius 2 is 1.81 bits per heavy atom. The fraction of sp³-hybridized carbons (Fsp3) is 0.312. The van der Waals surface area contributed by atoms with Crippen LogP contribution in [0.1, 0.15) is 12.8 Å². The van der Waals surface area contributed by atoms with Crippen LogP contribution in [0.25, 0.3) is 11.1 Å². The molecule has 0 aliphatic heterocycles. The lowest BCUT2D eigenvalue weighted by Gasteiger charge is -2.15. The molecule has 0 unspecified atom stereocenters. The van der Waals surface area contributed by atoms with Crippen LogP contribution in [0.3, 0.4) is 0 Å². The summed E-state index contributed by atoms with van der Waals surface area (Å²) in [6.07, 6.45) is 6.02. The summed E-state index contributed by atoms with van der Waals surface area (Å²) in [7, 11) is 2.00. The van der Waals surface area contributed by atoms with E-state index in [-0.39, 0.29) is 30.4 Å². The van der Waals surface area contributed by atoms with Gasteiger partial charge >= 0.3 is 0 Å². The molecule has 3 nitrogen and oxygen atoms in total. The summed E-state index contributed by atoms with van der Waals surface area (Å²) in [5.41, 5.74) is 2.45. The van der Waals surface area contributed by atoms with Crippen LogP contribution in [-0.4, -0.2) is 24.2 Å². The number of rotatable bonds is 5. The summed E-state index contributed by atoms with van der Waals surface area (Å²) in [6, 6.07) is 12.3. The average Bonchev–Trinajstić information content (AvgIpc) is 3.27. The molecule has 1 aliphatic carbocycles. The van der Waals surface area contributed by atoms with E-state index in [1.54, 1.807) is 6.20 Å². The molecule has 5 heteroatoms. The Morgan fingerprint density at radius 3 is 2.43 bits per heavy atom. The van der Waals surface area contributed by atoms with E-state index in [0.717, 1.165) is 16.9 Å². The van der Waals surface area contributed by atoms with E-state index in [4.69, 9.17) is 4.74 Å². The molecule has 1 saturated carbocycles. The molecule has 1 aromatic heterocycles. The second-order valence-corrected chi connectivity index (χ2v) is 5.09. The highest BCUT2D eigenvalue weighted by molar-refractivity contribution is 5.85. The van der Waals surface area contributed by atoms with Crippen molar-refractivity contribution in [3.05, 3.63) is 48.8 Å². The molecule has 1 aromatic carbocycles. The van der Waals surface area contributed by atoms with Crippen LogP contribution in [0.4, 0.5) is 0 Å². The van der Waals surface area contributed by atoms with E-state index < -0.39 is 0 Å². The number of hydrogen-bond donors (Lipinski definition) is 1. The van der Waals surface area contributed by atoms with Crippen LogP contribution >= 0.6 is 24.8 Å². The molecule has 21 heavy (non-hydrogen) atoms. The molecule has 0 radical (unpaired) electrons. The van der Waals surface area contributed by atoms with Gasteiger partial charge in [0.25, 0.3) is 0 Å². The number of nitrogens with zero attached hydrogens (tertiary/aromatic N) is 1. The minimum absolute atomic E-state index is 0. The van der Waals surface area contributed by atoms with Gasteiger partial charge in [-0.05, 0) is 31.5 Å². The monoisotopic (exact) mass is 326 g/mol. The molecule has 2 aromatic rings. The maximum atomic E-state index is 5.86. The molecular formula is C16H20Cl2N2O. The van der Waals surface area contributed by atoms with Crippen molar-refractivity contribution in [1.82, 2.24) is 10.3 Å². The first kappa shape index (κ1) is 17.8. The predicted molar refractivity (Wildman–Crippen MR) is 90.7 cm³/mol. The van der Waals surface area contributed by atoms with Crippen LogP contribution in [0, 0.1) is 0 Å². The first-order valence-corrected chi connectivity index (χ1v) is 6.64. The highest BCUT2D eigenvalue weighted by atomic mass is 35.5. The number of ether oxygens (including phenoxy) is 1. The van der Waals surface area contributed by atoms with Gasteiger partial charge in [-0.15, -0.1) is 24.8 Å². The van der Waals surface area contributed by atoms with E-state index in [1.807, 2.05) is 37.5 Å². The quantitative estimate of drug-likeness (QED) is 0.909. The fourth-order valence-corrected chi connectivity index (χ4v) is 2.13. The van der Waals surface area contributed by atoms with E-state index in [0.29, 0.717) is 6.61 Å². The Kier molecular flexibility index (Phi) is 6.46. The lowest BCUT2D eigenvalue weighted by atomic mass is 10.1.